The molecule has 106 valence electrons. The highest BCUT2D eigenvalue weighted by atomic mass is 16.2. The normalized spacial score (nSPS) is 18.1. The van der Waals surface area contributed by atoms with Gasteiger partial charge in [-0.05, 0) is 44.2 Å². The fraction of sp³-hybridized carbons (Fsp3) is 0.929. The number of hydrogen-bond donors (Lipinski definition) is 2. The summed E-state index contributed by atoms with van der Waals surface area (Å²) in [5.74, 6) is 1.41. The van der Waals surface area contributed by atoms with Crippen LogP contribution in [0.3, 0.4) is 0 Å². The van der Waals surface area contributed by atoms with Gasteiger partial charge in [0.2, 0.25) is 5.91 Å². The van der Waals surface area contributed by atoms with Gasteiger partial charge in [-0.15, -0.1) is 0 Å². The summed E-state index contributed by atoms with van der Waals surface area (Å²) in [6.07, 6.45) is 4.23. The molecule has 0 saturated carbocycles. The van der Waals surface area contributed by atoms with Crippen LogP contribution >= 0.6 is 0 Å². The number of amides is 1. The average Bonchev–Trinajstić information content (AvgIpc) is 2.39. The van der Waals surface area contributed by atoms with Gasteiger partial charge in [-0.25, -0.2) is 0 Å². The van der Waals surface area contributed by atoms with Crippen molar-refractivity contribution in [2.45, 2.75) is 39.5 Å². The number of carbonyl (C=O) groups is 1. The van der Waals surface area contributed by atoms with E-state index in [1.54, 1.807) is 0 Å². The summed E-state index contributed by atoms with van der Waals surface area (Å²) in [6.45, 7) is 8.70. The van der Waals surface area contributed by atoms with Crippen molar-refractivity contribution in [1.82, 2.24) is 10.2 Å². The molecule has 1 amide bonds. The molecule has 4 heteroatoms. The first-order valence-corrected chi connectivity index (χ1v) is 7.33. The third kappa shape index (κ3) is 5.36. The van der Waals surface area contributed by atoms with Crippen LogP contribution in [0.25, 0.3) is 0 Å². The highest BCUT2D eigenvalue weighted by molar-refractivity contribution is 5.76. The molecule has 1 atom stereocenters. The SMILES string of the molecule is CC(C)C(CN)CNCCC(=O)N1CCCCC1. The number of likely N-dealkylation sites (tertiary alicyclic amines) is 1. The summed E-state index contributed by atoms with van der Waals surface area (Å²) < 4.78 is 0. The van der Waals surface area contributed by atoms with Gasteiger partial charge in [-0.3, -0.25) is 4.79 Å². The van der Waals surface area contributed by atoms with E-state index >= 15 is 0 Å². The number of rotatable bonds is 7. The van der Waals surface area contributed by atoms with Crippen molar-refractivity contribution in [3.8, 4) is 0 Å². The van der Waals surface area contributed by atoms with Crippen molar-refractivity contribution in [2.75, 3.05) is 32.7 Å². The second-order valence-electron chi connectivity index (χ2n) is 5.64. The molecular weight excluding hydrogens is 226 g/mol. The van der Waals surface area contributed by atoms with Gasteiger partial charge in [0.1, 0.15) is 0 Å². The molecule has 1 unspecified atom stereocenters. The summed E-state index contributed by atoms with van der Waals surface area (Å²) in [6, 6.07) is 0. The van der Waals surface area contributed by atoms with Crippen LogP contribution in [0.2, 0.25) is 0 Å². The van der Waals surface area contributed by atoms with Gasteiger partial charge in [0, 0.05) is 26.1 Å². The summed E-state index contributed by atoms with van der Waals surface area (Å²) in [5, 5.41) is 3.36. The van der Waals surface area contributed by atoms with E-state index in [0.717, 1.165) is 26.2 Å². The topological polar surface area (TPSA) is 58.4 Å². The first-order chi connectivity index (χ1) is 8.65. The summed E-state index contributed by atoms with van der Waals surface area (Å²) in [7, 11) is 0. The van der Waals surface area contributed by atoms with Gasteiger partial charge in [-0.1, -0.05) is 13.8 Å². The molecule has 0 aromatic rings. The summed E-state index contributed by atoms with van der Waals surface area (Å²) >= 11 is 0. The van der Waals surface area contributed by atoms with Gasteiger partial charge in [0.25, 0.3) is 0 Å². The van der Waals surface area contributed by atoms with Crippen LogP contribution < -0.4 is 11.1 Å². The lowest BCUT2D eigenvalue weighted by atomic mass is 9.96. The maximum atomic E-state index is 11.9. The zero-order valence-electron chi connectivity index (χ0n) is 12.0. The second kappa shape index (κ2) is 8.48. The first kappa shape index (κ1) is 15.4. The number of hydrogen-bond acceptors (Lipinski definition) is 3. The van der Waals surface area contributed by atoms with Gasteiger partial charge in [0.15, 0.2) is 0 Å². The first-order valence-electron chi connectivity index (χ1n) is 7.33. The fourth-order valence-electron chi connectivity index (χ4n) is 2.38. The van der Waals surface area contributed by atoms with E-state index in [1.807, 2.05) is 4.90 Å². The number of nitrogens with zero attached hydrogens (tertiary/aromatic N) is 1. The molecule has 0 spiro atoms. The van der Waals surface area contributed by atoms with Crippen molar-refractivity contribution < 1.29 is 4.79 Å². The third-order valence-electron chi connectivity index (χ3n) is 3.88. The quantitative estimate of drug-likeness (QED) is 0.672. The molecule has 0 aliphatic carbocycles. The van der Waals surface area contributed by atoms with Gasteiger partial charge < -0.3 is 16.0 Å². The number of carbonyl (C=O) groups excluding carboxylic acids is 1. The molecule has 1 rings (SSSR count). The van der Waals surface area contributed by atoms with Crippen LogP contribution in [0.1, 0.15) is 39.5 Å². The molecule has 0 bridgehead atoms. The van der Waals surface area contributed by atoms with Crippen LogP contribution in [0.4, 0.5) is 0 Å². The summed E-state index contributed by atoms with van der Waals surface area (Å²) in [5.41, 5.74) is 5.72. The monoisotopic (exact) mass is 255 g/mol. The minimum atomic E-state index is 0.302. The molecule has 0 aromatic heterocycles. The molecule has 1 aliphatic rings. The smallest absolute Gasteiger partial charge is 0.223 e. The second-order valence-corrected chi connectivity index (χ2v) is 5.64. The molecule has 0 aromatic carbocycles. The van der Waals surface area contributed by atoms with E-state index in [4.69, 9.17) is 5.73 Å². The number of nitrogens with one attached hydrogen (secondary N) is 1. The zero-order chi connectivity index (χ0) is 13.4. The van der Waals surface area contributed by atoms with Crippen molar-refractivity contribution in [1.29, 1.82) is 0 Å². The van der Waals surface area contributed by atoms with Crippen molar-refractivity contribution in [3.63, 3.8) is 0 Å². The Balaban J connectivity index is 2.11. The maximum absolute atomic E-state index is 11.9. The lowest BCUT2D eigenvalue weighted by Gasteiger charge is -2.27. The molecule has 18 heavy (non-hydrogen) atoms. The highest BCUT2D eigenvalue weighted by Gasteiger charge is 2.16. The Morgan fingerprint density at radius 3 is 2.50 bits per heavy atom. The van der Waals surface area contributed by atoms with Gasteiger partial charge in [0.05, 0.1) is 0 Å². The van der Waals surface area contributed by atoms with E-state index in [9.17, 15) is 4.79 Å². The third-order valence-corrected chi connectivity index (χ3v) is 3.88. The standard InChI is InChI=1S/C14H29N3O/c1-12(2)13(10-15)11-16-7-6-14(18)17-8-4-3-5-9-17/h12-13,16H,3-11,15H2,1-2H3. The Hall–Kier alpha value is -0.610. The minimum Gasteiger partial charge on any atom is -0.343 e. The zero-order valence-corrected chi connectivity index (χ0v) is 12.0. The molecule has 0 radical (unpaired) electrons. The molecule has 4 nitrogen and oxygen atoms in total. The van der Waals surface area contributed by atoms with Gasteiger partial charge in [-0.2, -0.15) is 0 Å². The average molecular weight is 255 g/mol. The van der Waals surface area contributed by atoms with Crippen molar-refractivity contribution >= 4 is 5.91 Å². The van der Waals surface area contributed by atoms with Gasteiger partial charge >= 0.3 is 0 Å². The minimum absolute atomic E-state index is 0.302. The molecule has 3 N–H and O–H groups in total. The van der Waals surface area contributed by atoms with Crippen molar-refractivity contribution in [2.24, 2.45) is 17.6 Å². The molecule has 1 saturated heterocycles. The van der Waals surface area contributed by atoms with E-state index in [2.05, 4.69) is 19.2 Å². The molecular formula is C14H29N3O. The van der Waals surface area contributed by atoms with Crippen LogP contribution in [0.5, 0.6) is 0 Å². The Morgan fingerprint density at radius 2 is 1.94 bits per heavy atom. The van der Waals surface area contributed by atoms with Crippen molar-refractivity contribution in [3.05, 3.63) is 0 Å². The van der Waals surface area contributed by atoms with Crippen LogP contribution in [0.15, 0.2) is 0 Å². The number of piperidine rings is 1. The van der Waals surface area contributed by atoms with E-state index < -0.39 is 0 Å². The fourth-order valence-corrected chi connectivity index (χ4v) is 2.38. The highest BCUT2D eigenvalue weighted by Crippen LogP contribution is 2.10. The van der Waals surface area contributed by atoms with E-state index in [0.29, 0.717) is 30.7 Å². The van der Waals surface area contributed by atoms with E-state index in [1.165, 1.54) is 19.3 Å². The molecule has 1 heterocycles. The Labute approximate surface area is 111 Å². The number of nitrogens with two attached hydrogens (primary N) is 1. The molecule has 1 aliphatic heterocycles. The predicted octanol–water partition coefficient (Wildman–Crippen LogP) is 1.21. The van der Waals surface area contributed by atoms with Crippen LogP contribution in [-0.2, 0) is 4.79 Å². The van der Waals surface area contributed by atoms with Crippen LogP contribution in [0, 0.1) is 11.8 Å². The largest absolute Gasteiger partial charge is 0.343 e. The predicted molar refractivity (Wildman–Crippen MR) is 75.3 cm³/mol. The lowest BCUT2D eigenvalue weighted by Crippen LogP contribution is -2.38. The summed E-state index contributed by atoms with van der Waals surface area (Å²) in [4.78, 5) is 13.9. The van der Waals surface area contributed by atoms with E-state index in [-0.39, 0.29) is 0 Å². The maximum Gasteiger partial charge on any atom is 0.223 e. The lowest BCUT2D eigenvalue weighted by molar-refractivity contribution is -0.131. The Bertz CT molecular complexity index is 237. The Morgan fingerprint density at radius 1 is 1.28 bits per heavy atom. The molecule has 1 fully saturated rings. The Kier molecular flexibility index (Phi) is 7.28. The van der Waals surface area contributed by atoms with Crippen LogP contribution in [-0.4, -0.2) is 43.5 Å².